The van der Waals surface area contributed by atoms with Crippen molar-refractivity contribution in [3.63, 3.8) is 0 Å². The second-order valence-corrected chi connectivity index (χ2v) is 23.3. The molecular weight excluding hydrogens is 1050 g/mol. The maximum absolute atomic E-state index is 5.41. The molecule has 0 unspecified atom stereocenters. The molecule has 1 spiro atoms. The predicted octanol–water partition coefficient (Wildman–Crippen LogP) is 21.6. The zero-order valence-electron chi connectivity index (χ0n) is 47.4. The summed E-state index contributed by atoms with van der Waals surface area (Å²) in [7, 11) is 0. The lowest BCUT2D eigenvalue weighted by atomic mass is 9.70. The highest BCUT2D eigenvalue weighted by Gasteiger charge is 2.52. The minimum Gasteiger partial charge on any atom is -0.309 e. The maximum atomic E-state index is 5.41. The fourth-order valence-electron chi connectivity index (χ4n) is 14.9. The summed E-state index contributed by atoms with van der Waals surface area (Å²) < 4.78 is 5.00. The zero-order valence-corrected chi connectivity index (χ0v) is 47.4. The van der Waals surface area contributed by atoms with Crippen molar-refractivity contribution in [2.75, 3.05) is 0 Å². The molecule has 0 amide bonds. The van der Waals surface area contributed by atoms with Crippen LogP contribution >= 0.6 is 0 Å². The number of rotatable bonds is 8. The van der Waals surface area contributed by atoms with E-state index in [2.05, 4.69) is 331 Å². The molecule has 0 fully saturated rings. The van der Waals surface area contributed by atoms with E-state index in [0.29, 0.717) is 0 Å². The molecule has 3 aromatic heterocycles. The van der Waals surface area contributed by atoms with Crippen molar-refractivity contribution in [1.82, 2.24) is 14.1 Å². The monoisotopic (exact) mass is 1100 g/mol. The third-order valence-electron chi connectivity index (χ3n) is 18.7. The molecule has 87 heavy (non-hydrogen) atoms. The smallest absolute Gasteiger partial charge is 0.0730 e. The van der Waals surface area contributed by atoms with Gasteiger partial charge in [0, 0.05) is 43.9 Å². The summed E-state index contributed by atoms with van der Waals surface area (Å²) >= 11 is 0. The highest BCUT2D eigenvalue weighted by Crippen LogP contribution is 2.64. The standard InChI is InChI=1S/C84H53N3/c1-5-22-54(23-6-1)61-46-62(55-24-7-2-8-25-55)48-63(47-61)58-30-21-31-64(49-58)86-79-39-20-16-34-68(79)71-50-59(40-44-80(71)86)60-41-45-81-72(51-60)69-42-43-76-82(70-35-15-19-38-75(70)84(76)73-36-17-13-32-66(73)67-33-14-18-37-74(67)84)83(69)87(81)65-52-77(56-26-9-3-10-27-56)85-78(53-65)57-28-11-4-12-29-57/h1-53H. The summed E-state index contributed by atoms with van der Waals surface area (Å²) in [6, 6.07) is 119. The van der Waals surface area contributed by atoms with Crippen LogP contribution in [0.1, 0.15) is 22.3 Å². The number of para-hydroxylation sites is 1. The number of benzene rings is 13. The van der Waals surface area contributed by atoms with Crippen molar-refractivity contribution >= 4 is 43.6 Å². The lowest BCUT2D eigenvalue weighted by Gasteiger charge is -2.30. The molecule has 2 aliphatic rings. The Labute approximate surface area is 504 Å². The van der Waals surface area contributed by atoms with Gasteiger partial charge in [0.05, 0.1) is 44.6 Å². The van der Waals surface area contributed by atoms with Gasteiger partial charge in [-0.05, 0) is 156 Å². The SMILES string of the molecule is c1ccc(-c2cc(-c3ccccc3)cc(-c3cccc(-n4c5ccccc5c5cc(-c6ccc7c(c6)c6ccc8c(c6n7-c6cc(-c7ccccc7)nc(-c7ccccc7)c6)-c6ccccc6C86c7ccccc7-c7ccccc76)ccc54)c3)c2)cc1. The van der Waals surface area contributed by atoms with E-state index in [1.54, 1.807) is 0 Å². The third-order valence-corrected chi connectivity index (χ3v) is 18.7. The van der Waals surface area contributed by atoms with Crippen molar-refractivity contribution in [1.29, 1.82) is 0 Å². The molecule has 0 N–H and O–H groups in total. The number of nitrogens with zero attached hydrogens (tertiary/aromatic N) is 3. The quantitative estimate of drug-likeness (QED) is 0.149. The number of hydrogen-bond donors (Lipinski definition) is 0. The lowest BCUT2D eigenvalue weighted by Crippen LogP contribution is -2.25. The Kier molecular flexibility index (Phi) is 10.9. The summed E-state index contributed by atoms with van der Waals surface area (Å²) in [4.78, 5) is 5.41. The van der Waals surface area contributed by atoms with Gasteiger partial charge < -0.3 is 9.13 Å². The van der Waals surface area contributed by atoms with E-state index in [1.165, 1.54) is 116 Å². The molecule has 16 aromatic rings. The van der Waals surface area contributed by atoms with E-state index >= 15 is 0 Å². The fourth-order valence-corrected chi connectivity index (χ4v) is 14.9. The van der Waals surface area contributed by atoms with Crippen LogP contribution in [0.25, 0.3) is 144 Å². The molecule has 0 saturated carbocycles. The van der Waals surface area contributed by atoms with Crippen LogP contribution in [0.5, 0.6) is 0 Å². The first-order chi connectivity index (χ1) is 43.1. The summed E-state index contributed by atoms with van der Waals surface area (Å²) in [5.74, 6) is 0. The fraction of sp³-hybridized carbons (Fsp3) is 0.0119. The van der Waals surface area contributed by atoms with Crippen molar-refractivity contribution < 1.29 is 0 Å². The number of fused-ring (bicyclic) bond motifs is 17. The van der Waals surface area contributed by atoms with Crippen LogP contribution in [0.3, 0.4) is 0 Å². The molecule has 404 valence electrons. The van der Waals surface area contributed by atoms with Crippen LogP contribution < -0.4 is 0 Å². The van der Waals surface area contributed by atoms with Gasteiger partial charge in [-0.1, -0.05) is 249 Å². The Bertz CT molecular complexity index is 5280. The van der Waals surface area contributed by atoms with Crippen LogP contribution in [0, 0.1) is 0 Å². The van der Waals surface area contributed by atoms with Crippen LogP contribution in [0.15, 0.2) is 322 Å². The van der Waals surface area contributed by atoms with E-state index in [0.717, 1.165) is 50.5 Å². The van der Waals surface area contributed by atoms with E-state index in [-0.39, 0.29) is 0 Å². The van der Waals surface area contributed by atoms with Crippen molar-refractivity contribution in [3.8, 4) is 101 Å². The summed E-state index contributed by atoms with van der Waals surface area (Å²) in [5, 5.41) is 4.83. The van der Waals surface area contributed by atoms with Gasteiger partial charge in [0.1, 0.15) is 0 Å². The van der Waals surface area contributed by atoms with Crippen LogP contribution in [-0.4, -0.2) is 14.1 Å². The Hall–Kier alpha value is -11.4. The Morgan fingerprint density at radius 2 is 0.667 bits per heavy atom. The molecule has 0 atom stereocenters. The Balaban J connectivity index is 0.844. The molecule has 13 aromatic carbocycles. The van der Waals surface area contributed by atoms with Crippen molar-refractivity contribution in [3.05, 3.63) is 344 Å². The Morgan fingerprint density at radius 1 is 0.230 bits per heavy atom. The molecule has 0 bridgehead atoms. The van der Waals surface area contributed by atoms with E-state index in [4.69, 9.17) is 4.98 Å². The topological polar surface area (TPSA) is 22.8 Å². The predicted molar refractivity (Wildman–Crippen MR) is 362 cm³/mol. The molecule has 2 aliphatic carbocycles. The zero-order chi connectivity index (χ0) is 57.2. The van der Waals surface area contributed by atoms with Crippen molar-refractivity contribution in [2.45, 2.75) is 5.41 Å². The second-order valence-electron chi connectivity index (χ2n) is 23.3. The number of pyridine rings is 1. The van der Waals surface area contributed by atoms with Gasteiger partial charge in [0.15, 0.2) is 0 Å². The first-order valence-electron chi connectivity index (χ1n) is 30.1. The van der Waals surface area contributed by atoms with Crippen LogP contribution in [-0.2, 0) is 5.41 Å². The molecule has 0 radical (unpaired) electrons. The molecule has 3 nitrogen and oxygen atoms in total. The molecule has 3 heteroatoms. The summed E-state index contributed by atoms with van der Waals surface area (Å²) in [6.45, 7) is 0. The molecule has 18 rings (SSSR count). The molecular formula is C84H53N3. The minimum absolute atomic E-state index is 0.502. The Morgan fingerprint density at radius 3 is 1.25 bits per heavy atom. The highest BCUT2D eigenvalue weighted by molar-refractivity contribution is 6.18. The third kappa shape index (κ3) is 7.46. The van der Waals surface area contributed by atoms with Gasteiger partial charge in [0.25, 0.3) is 0 Å². The van der Waals surface area contributed by atoms with E-state index in [9.17, 15) is 0 Å². The van der Waals surface area contributed by atoms with Gasteiger partial charge in [-0.3, -0.25) is 0 Å². The van der Waals surface area contributed by atoms with E-state index in [1.807, 2.05) is 0 Å². The summed E-state index contributed by atoms with van der Waals surface area (Å²) in [5.41, 5.74) is 30.2. The average Bonchev–Trinajstić information content (AvgIpc) is 1.53. The lowest BCUT2D eigenvalue weighted by molar-refractivity contribution is 0.794. The summed E-state index contributed by atoms with van der Waals surface area (Å²) in [6.07, 6.45) is 0. The maximum Gasteiger partial charge on any atom is 0.0730 e. The highest BCUT2D eigenvalue weighted by atomic mass is 15.0. The van der Waals surface area contributed by atoms with E-state index < -0.39 is 5.41 Å². The number of aromatic nitrogens is 3. The molecule has 3 heterocycles. The van der Waals surface area contributed by atoms with Crippen LogP contribution in [0.4, 0.5) is 0 Å². The van der Waals surface area contributed by atoms with Gasteiger partial charge in [-0.15, -0.1) is 0 Å². The largest absolute Gasteiger partial charge is 0.309 e. The molecule has 0 saturated heterocycles. The average molecular weight is 1100 g/mol. The number of hydrogen-bond acceptors (Lipinski definition) is 1. The van der Waals surface area contributed by atoms with Crippen molar-refractivity contribution in [2.24, 2.45) is 0 Å². The van der Waals surface area contributed by atoms with Gasteiger partial charge >= 0.3 is 0 Å². The van der Waals surface area contributed by atoms with Gasteiger partial charge in [0.2, 0.25) is 0 Å². The van der Waals surface area contributed by atoms with Crippen LogP contribution in [0.2, 0.25) is 0 Å². The first kappa shape index (κ1) is 49.1. The molecule has 0 aliphatic heterocycles. The minimum atomic E-state index is -0.502. The normalized spacial score (nSPS) is 12.7. The first-order valence-corrected chi connectivity index (χ1v) is 30.1. The van der Waals surface area contributed by atoms with Gasteiger partial charge in [-0.25, -0.2) is 4.98 Å². The second kappa shape index (κ2) is 19.3. The van der Waals surface area contributed by atoms with Gasteiger partial charge in [-0.2, -0.15) is 0 Å².